The molecule has 0 unspecified atom stereocenters. The van der Waals surface area contributed by atoms with E-state index in [1.54, 1.807) is 24.3 Å². The molecule has 1 heterocycles. The van der Waals surface area contributed by atoms with E-state index in [2.05, 4.69) is 0 Å². The van der Waals surface area contributed by atoms with Gasteiger partial charge in [-0.05, 0) is 41.9 Å². The van der Waals surface area contributed by atoms with E-state index in [9.17, 15) is 4.79 Å². The van der Waals surface area contributed by atoms with Crippen molar-refractivity contribution in [3.8, 4) is 11.3 Å². The lowest BCUT2D eigenvalue weighted by atomic mass is 10.2. The van der Waals surface area contributed by atoms with Crippen molar-refractivity contribution in [3.05, 3.63) is 46.1 Å². The summed E-state index contributed by atoms with van der Waals surface area (Å²) in [6, 6.07) is 8.13. The highest BCUT2D eigenvalue weighted by molar-refractivity contribution is 6.67. The normalized spacial score (nSPS) is 10.4. The molecule has 2 rings (SSSR count). The van der Waals surface area contributed by atoms with Gasteiger partial charge in [-0.1, -0.05) is 23.2 Å². The van der Waals surface area contributed by atoms with Gasteiger partial charge >= 0.3 is 0 Å². The van der Waals surface area contributed by atoms with Crippen molar-refractivity contribution in [3.63, 3.8) is 0 Å². The SMILES string of the molecule is O=C(Cl)c1ccc(-c2ccc(Cl)cc2Cl)o1. The third-order valence-electron chi connectivity index (χ3n) is 2.00. The Balaban J connectivity index is 2.46. The molecule has 5 heteroatoms. The molecule has 0 saturated carbocycles. The molecule has 2 nitrogen and oxygen atoms in total. The van der Waals surface area contributed by atoms with Crippen LogP contribution in [0, 0.1) is 0 Å². The van der Waals surface area contributed by atoms with Crippen LogP contribution in [0.15, 0.2) is 34.7 Å². The summed E-state index contributed by atoms with van der Waals surface area (Å²) in [5.41, 5.74) is 0.662. The van der Waals surface area contributed by atoms with Crippen LogP contribution in [-0.2, 0) is 0 Å². The quantitative estimate of drug-likeness (QED) is 0.748. The molecule has 2 aromatic rings. The molecule has 0 aliphatic carbocycles. The zero-order valence-corrected chi connectivity index (χ0v) is 10.1. The summed E-state index contributed by atoms with van der Waals surface area (Å²) in [5.74, 6) is 0.563. The first-order valence-electron chi connectivity index (χ1n) is 4.33. The Morgan fingerprint density at radius 3 is 2.44 bits per heavy atom. The van der Waals surface area contributed by atoms with Gasteiger partial charge in [0.2, 0.25) is 0 Å². The monoisotopic (exact) mass is 274 g/mol. The van der Waals surface area contributed by atoms with Gasteiger partial charge in [0.1, 0.15) is 5.76 Å². The number of benzene rings is 1. The van der Waals surface area contributed by atoms with Crippen molar-refractivity contribution < 1.29 is 9.21 Å². The van der Waals surface area contributed by atoms with Gasteiger partial charge in [0.25, 0.3) is 5.24 Å². The van der Waals surface area contributed by atoms with Crippen molar-refractivity contribution in [1.82, 2.24) is 0 Å². The molecule has 0 aliphatic heterocycles. The molecule has 0 radical (unpaired) electrons. The van der Waals surface area contributed by atoms with E-state index in [0.717, 1.165) is 0 Å². The highest BCUT2D eigenvalue weighted by Gasteiger charge is 2.12. The van der Waals surface area contributed by atoms with E-state index in [1.165, 1.54) is 6.07 Å². The zero-order valence-electron chi connectivity index (χ0n) is 7.84. The van der Waals surface area contributed by atoms with E-state index in [0.29, 0.717) is 21.4 Å². The van der Waals surface area contributed by atoms with Gasteiger partial charge in [0.05, 0.1) is 5.02 Å². The van der Waals surface area contributed by atoms with Crippen LogP contribution in [0.4, 0.5) is 0 Å². The van der Waals surface area contributed by atoms with Crippen LogP contribution in [0.1, 0.15) is 10.6 Å². The van der Waals surface area contributed by atoms with Crippen molar-refractivity contribution in [2.45, 2.75) is 0 Å². The maximum atomic E-state index is 10.8. The minimum absolute atomic E-state index is 0.0858. The number of carbonyl (C=O) groups is 1. The van der Waals surface area contributed by atoms with Crippen molar-refractivity contribution >= 4 is 40.0 Å². The van der Waals surface area contributed by atoms with Gasteiger partial charge in [0.15, 0.2) is 5.76 Å². The second kappa shape index (κ2) is 4.50. The van der Waals surface area contributed by atoms with Gasteiger partial charge in [-0.2, -0.15) is 0 Å². The predicted octanol–water partition coefficient (Wildman–Crippen LogP) is 4.63. The fourth-order valence-electron chi connectivity index (χ4n) is 1.28. The van der Waals surface area contributed by atoms with E-state index in [4.69, 9.17) is 39.2 Å². The number of halogens is 3. The molecule has 82 valence electrons. The lowest BCUT2D eigenvalue weighted by molar-refractivity contribution is 0.105. The average Bonchev–Trinajstić information content (AvgIpc) is 2.66. The van der Waals surface area contributed by atoms with Gasteiger partial charge < -0.3 is 4.42 Å². The molecule has 1 aromatic carbocycles. The topological polar surface area (TPSA) is 30.2 Å². The standard InChI is InChI=1S/C11H5Cl3O2/c12-6-1-2-7(8(13)5-6)9-3-4-10(16-9)11(14)15/h1-5H. The van der Waals surface area contributed by atoms with Gasteiger partial charge in [-0.25, -0.2) is 0 Å². The first-order valence-corrected chi connectivity index (χ1v) is 5.46. The maximum absolute atomic E-state index is 10.8. The van der Waals surface area contributed by atoms with Crippen molar-refractivity contribution in [2.24, 2.45) is 0 Å². The molecule has 0 N–H and O–H groups in total. The number of furan rings is 1. The van der Waals surface area contributed by atoms with E-state index >= 15 is 0 Å². The molecular weight excluding hydrogens is 270 g/mol. The minimum atomic E-state index is -0.642. The fraction of sp³-hybridized carbons (Fsp3) is 0. The van der Waals surface area contributed by atoms with Gasteiger partial charge in [-0.15, -0.1) is 0 Å². The smallest absolute Gasteiger partial charge is 0.287 e. The van der Waals surface area contributed by atoms with Crippen molar-refractivity contribution in [1.29, 1.82) is 0 Å². The fourth-order valence-corrected chi connectivity index (χ4v) is 1.88. The average molecular weight is 276 g/mol. The summed E-state index contributed by atoms with van der Waals surface area (Å²) >= 11 is 17.0. The van der Waals surface area contributed by atoms with Crippen LogP contribution in [0.3, 0.4) is 0 Å². The summed E-state index contributed by atoms with van der Waals surface area (Å²) in [6.07, 6.45) is 0. The summed E-state index contributed by atoms with van der Waals surface area (Å²) in [6.45, 7) is 0. The van der Waals surface area contributed by atoms with E-state index < -0.39 is 5.24 Å². The molecule has 0 aliphatic rings. The molecule has 0 atom stereocenters. The first-order chi connectivity index (χ1) is 7.58. The lowest BCUT2D eigenvalue weighted by Gasteiger charge is -2.00. The summed E-state index contributed by atoms with van der Waals surface area (Å²) in [4.78, 5) is 10.8. The minimum Gasteiger partial charge on any atom is -0.452 e. The second-order valence-electron chi connectivity index (χ2n) is 3.06. The zero-order chi connectivity index (χ0) is 11.7. The molecule has 0 bridgehead atoms. The van der Waals surface area contributed by atoms with Crippen LogP contribution in [0.2, 0.25) is 10.0 Å². The Kier molecular flexibility index (Phi) is 3.24. The maximum Gasteiger partial charge on any atom is 0.287 e. The van der Waals surface area contributed by atoms with Crippen LogP contribution < -0.4 is 0 Å². The Bertz CT molecular complexity index is 546. The first kappa shape index (κ1) is 11.5. The molecule has 0 fully saturated rings. The summed E-state index contributed by atoms with van der Waals surface area (Å²) in [5, 5.41) is 0.348. The summed E-state index contributed by atoms with van der Waals surface area (Å²) in [7, 11) is 0. The van der Waals surface area contributed by atoms with Crippen LogP contribution in [0.25, 0.3) is 11.3 Å². The molecule has 1 aromatic heterocycles. The number of rotatable bonds is 2. The Morgan fingerprint density at radius 1 is 1.12 bits per heavy atom. The Morgan fingerprint density at radius 2 is 1.88 bits per heavy atom. The van der Waals surface area contributed by atoms with Gasteiger partial charge in [0, 0.05) is 10.6 Å². The van der Waals surface area contributed by atoms with Crippen LogP contribution in [0.5, 0.6) is 0 Å². The highest BCUT2D eigenvalue weighted by Crippen LogP contribution is 2.31. The molecule has 16 heavy (non-hydrogen) atoms. The lowest BCUT2D eigenvalue weighted by Crippen LogP contribution is -1.82. The van der Waals surface area contributed by atoms with Crippen LogP contribution in [-0.4, -0.2) is 5.24 Å². The molecule has 0 amide bonds. The second-order valence-corrected chi connectivity index (χ2v) is 4.25. The third-order valence-corrected chi connectivity index (χ3v) is 2.73. The number of hydrogen-bond acceptors (Lipinski definition) is 2. The predicted molar refractivity (Wildman–Crippen MR) is 64.3 cm³/mol. The Labute approximate surface area is 107 Å². The number of carbonyl (C=O) groups excluding carboxylic acids is 1. The third kappa shape index (κ3) is 2.24. The summed E-state index contributed by atoms with van der Waals surface area (Å²) < 4.78 is 5.24. The molecular formula is C11H5Cl3O2. The van der Waals surface area contributed by atoms with E-state index in [-0.39, 0.29) is 5.76 Å². The molecule has 0 saturated heterocycles. The largest absolute Gasteiger partial charge is 0.452 e. The van der Waals surface area contributed by atoms with Crippen LogP contribution >= 0.6 is 34.8 Å². The van der Waals surface area contributed by atoms with Crippen molar-refractivity contribution in [2.75, 3.05) is 0 Å². The van der Waals surface area contributed by atoms with Gasteiger partial charge in [-0.3, -0.25) is 4.79 Å². The highest BCUT2D eigenvalue weighted by atomic mass is 35.5. The Hall–Kier alpha value is -0.960. The molecule has 0 spiro atoms. The van der Waals surface area contributed by atoms with E-state index in [1.807, 2.05) is 0 Å². The number of hydrogen-bond donors (Lipinski definition) is 0.